The number of nitrogens with one attached hydrogen (secondary N) is 1. The van der Waals surface area contributed by atoms with Crippen LogP contribution in [0.2, 0.25) is 0 Å². The summed E-state index contributed by atoms with van der Waals surface area (Å²) >= 11 is 0. The fourth-order valence-corrected chi connectivity index (χ4v) is 6.49. The van der Waals surface area contributed by atoms with Crippen LogP contribution in [0.3, 0.4) is 0 Å². The van der Waals surface area contributed by atoms with Crippen LogP contribution in [0.15, 0.2) is 66.7 Å². The third-order valence-electron chi connectivity index (χ3n) is 8.37. The third kappa shape index (κ3) is 3.31. The van der Waals surface area contributed by atoms with Crippen molar-refractivity contribution in [2.75, 3.05) is 26.2 Å². The number of amides is 2. The minimum atomic E-state index is -0.264. The zero-order chi connectivity index (χ0) is 24.4. The molecule has 3 fully saturated rings. The summed E-state index contributed by atoms with van der Waals surface area (Å²) in [7, 11) is 0. The quantitative estimate of drug-likeness (QED) is 0.468. The molecule has 2 amide bonds. The summed E-state index contributed by atoms with van der Waals surface area (Å²) in [4.78, 5) is 30.3. The van der Waals surface area contributed by atoms with Gasteiger partial charge in [0.25, 0.3) is 11.8 Å². The van der Waals surface area contributed by atoms with Gasteiger partial charge in [0.05, 0.1) is 0 Å². The fourth-order valence-electron chi connectivity index (χ4n) is 6.49. The van der Waals surface area contributed by atoms with Gasteiger partial charge in [0.1, 0.15) is 16.9 Å². The number of nitrogens with zero attached hydrogens (tertiary/aromatic N) is 4. The number of fused-ring (bicyclic) bond motifs is 5. The van der Waals surface area contributed by atoms with Crippen LogP contribution in [0.5, 0.6) is 0 Å². The van der Waals surface area contributed by atoms with E-state index in [-0.39, 0.29) is 20.5 Å². The second-order valence-corrected chi connectivity index (χ2v) is 10.2. The van der Waals surface area contributed by atoms with E-state index in [0.717, 1.165) is 42.8 Å². The van der Waals surface area contributed by atoms with Crippen molar-refractivity contribution < 1.29 is 16.8 Å². The predicted octanol–water partition coefficient (Wildman–Crippen LogP) is 4.35. The Morgan fingerprint density at radius 3 is 1.75 bits per heavy atom. The van der Waals surface area contributed by atoms with E-state index < -0.39 is 0 Å². The molecular weight excluding hydrogens is 457 g/mol. The van der Waals surface area contributed by atoms with Crippen LogP contribution in [0.4, 0.5) is 4.39 Å². The maximum Gasteiger partial charge on any atom is 0.253 e. The molecule has 1 aromatic heterocycles. The third-order valence-corrected chi connectivity index (χ3v) is 8.37. The summed E-state index contributed by atoms with van der Waals surface area (Å²) in [5.41, 5.74) is 4.63. The first kappa shape index (κ1) is 21.2. The van der Waals surface area contributed by atoms with Gasteiger partial charge >= 0.3 is 0 Å². The molecule has 3 heterocycles. The number of rotatable bonds is 3. The minimum absolute atomic E-state index is 0. The summed E-state index contributed by atoms with van der Waals surface area (Å²) in [5.74, 6) is 1.64. The molecule has 2 unspecified atom stereocenters. The number of hydrogen-bond acceptors (Lipinski definition) is 4. The molecule has 36 heavy (non-hydrogen) atoms. The molecular formula is C28H28FN5O2. The summed E-state index contributed by atoms with van der Waals surface area (Å²) < 4.78 is 13.2. The molecule has 8 heteroatoms. The predicted molar refractivity (Wildman–Crippen MR) is 136 cm³/mol. The van der Waals surface area contributed by atoms with Gasteiger partial charge in [-0.25, -0.2) is 4.39 Å². The van der Waals surface area contributed by atoms with Crippen LogP contribution in [0.25, 0.3) is 22.2 Å². The normalized spacial score (nSPS) is 24.5. The number of benzene rings is 3. The second-order valence-electron chi connectivity index (χ2n) is 10.2. The summed E-state index contributed by atoms with van der Waals surface area (Å²) in [5, 5.41) is 10.7. The summed E-state index contributed by atoms with van der Waals surface area (Å²) in [6, 6.07) is 19.3. The Morgan fingerprint density at radius 2 is 1.17 bits per heavy atom. The van der Waals surface area contributed by atoms with Crippen molar-refractivity contribution in [2.24, 2.45) is 23.7 Å². The zero-order valence-corrected chi connectivity index (χ0v) is 19.5. The first-order valence-corrected chi connectivity index (χ1v) is 12.3. The molecule has 2 saturated heterocycles. The van der Waals surface area contributed by atoms with Gasteiger partial charge in [-0.15, -0.1) is 0 Å². The summed E-state index contributed by atoms with van der Waals surface area (Å²) in [6.45, 7) is 2.99. The highest BCUT2D eigenvalue weighted by Crippen LogP contribution is 2.54. The zero-order valence-electron chi connectivity index (χ0n) is 19.5. The van der Waals surface area contributed by atoms with E-state index >= 15 is 0 Å². The standard InChI is InChI=1S/C28H24FN5O2.2H2/c29-20-8-5-17(6-9-20)16-1-3-18(4-2-16)27(35)33-12-21-22(13-33)24-15-34(14-23(21)24)28(36)19-7-10-25-26(11-19)31-32-30-25;;/h1-11,21-24H,12-15H2,(H,30,31,32);2*1H/t21?,22?,23-,24+;;. The van der Waals surface area contributed by atoms with Crippen LogP contribution in [0.1, 0.15) is 23.6 Å². The lowest BCUT2D eigenvalue weighted by atomic mass is 9.60. The van der Waals surface area contributed by atoms with Crippen LogP contribution in [-0.2, 0) is 0 Å². The maximum absolute atomic E-state index is 13.2. The smallest absolute Gasteiger partial charge is 0.253 e. The van der Waals surface area contributed by atoms with E-state index in [1.54, 1.807) is 18.2 Å². The van der Waals surface area contributed by atoms with Crippen LogP contribution < -0.4 is 0 Å². The van der Waals surface area contributed by atoms with Crippen LogP contribution >= 0.6 is 0 Å². The van der Waals surface area contributed by atoms with Crippen LogP contribution in [0, 0.1) is 29.5 Å². The van der Waals surface area contributed by atoms with Crippen molar-refractivity contribution in [3.63, 3.8) is 0 Å². The van der Waals surface area contributed by atoms with Gasteiger partial charge in [0.15, 0.2) is 0 Å². The molecule has 1 N–H and O–H groups in total. The Kier molecular flexibility index (Phi) is 4.71. The summed E-state index contributed by atoms with van der Waals surface area (Å²) in [6.07, 6.45) is 0. The molecule has 1 aliphatic carbocycles. The van der Waals surface area contributed by atoms with Crippen molar-refractivity contribution in [3.05, 3.63) is 83.7 Å². The second kappa shape index (κ2) is 7.98. The molecule has 0 spiro atoms. The monoisotopic (exact) mass is 485 g/mol. The molecule has 3 aliphatic rings. The highest BCUT2D eigenvalue weighted by atomic mass is 19.1. The number of halogens is 1. The van der Waals surface area contributed by atoms with E-state index in [1.165, 1.54) is 12.1 Å². The molecule has 2 aliphatic heterocycles. The molecule has 7 rings (SSSR count). The van der Waals surface area contributed by atoms with Gasteiger partial charge in [0.2, 0.25) is 0 Å². The maximum atomic E-state index is 13.2. The van der Waals surface area contributed by atoms with Gasteiger partial charge in [-0.1, -0.05) is 24.3 Å². The molecule has 0 bridgehead atoms. The Balaban J connectivity index is 0.00000147. The Bertz CT molecular complexity index is 1470. The lowest BCUT2D eigenvalue weighted by Crippen LogP contribution is -2.44. The Morgan fingerprint density at radius 1 is 0.694 bits per heavy atom. The van der Waals surface area contributed by atoms with Crippen molar-refractivity contribution in [1.82, 2.24) is 25.2 Å². The number of aromatic nitrogens is 3. The minimum Gasteiger partial charge on any atom is -0.338 e. The highest BCUT2D eigenvalue weighted by Gasteiger charge is 2.59. The average molecular weight is 486 g/mol. The average Bonchev–Trinajstić information content (AvgIpc) is 3.62. The van der Waals surface area contributed by atoms with Crippen molar-refractivity contribution in [3.8, 4) is 11.1 Å². The van der Waals surface area contributed by atoms with Crippen molar-refractivity contribution >= 4 is 22.8 Å². The van der Waals surface area contributed by atoms with Gasteiger partial charge in [-0.2, -0.15) is 15.4 Å². The van der Waals surface area contributed by atoms with E-state index in [0.29, 0.717) is 40.3 Å². The topological polar surface area (TPSA) is 82.2 Å². The van der Waals surface area contributed by atoms with Crippen molar-refractivity contribution in [1.29, 1.82) is 0 Å². The first-order valence-electron chi connectivity index (χ1n) is 12.3. The number of H-pyrrole nitrogens is 1. The van der Waals surface area contributed by atoms with Gasteiger partial charge in [-0.05, 0) is 77.3 Å². The molecule has 184 valence electrons. The van der Waals surface area contributed by atoms with Crippen molar-refractivity contribution in [2.45, 2.75) is 0 Å². The molecule has 3 aromatic carbocycles. The fraction of sp³-hybridized carbons (Fsp3) is 0.286. The Hall–Kier alpha value is -4.07. The molecule has 1 saturated carbocycles. The highest BCUT2D eigenvalue weighted by molar-refractivity contribution is 5.97. The Labute approximate surface area is 209 Å². The van der Waals surface area contributed by atoms with E-state index in [2.05, 4.69) is 15.4 Å². The first-order chi connectivity index (χ1) is 17.5. The molecule has 4 aromatic rings. The molecule has 4 atom stereocenters. The number of carbonyl (C=O) groups excluding carboxylic acids is 2. The van der Waals surface area contributed by atoms with Gasteiger partial charge in [0, 0.05) is 40.2 Å². The molecule has 7 nitrogen and oxygen atoms in total. The van der Waals surface area contributed by atoms with E-state index in [9.17, 15) is 14.0 Å². The van der Waals surface area contributed by atoms with E-state index in [4.69, 9.17) is 0 Å². The number of hydrogen-bond donors (Lipinski definition) is 1. The van der Waals surface area contributed by atoms with Gasteiger partial charge < -0.3 is 9.80 Å². The molecule has 0 radical (unpaired) electrons. The SMILES string of the molecule is O=C(c1ccc(-c2ccc(F)cc2)cc1)N1CC2C(C1)[C@@H]1CN(C(=O)c3ccc4n[nH]nc4c3)C[C@H]21.[HH].[HH]. The lowest BCUT2D eigenvalue weighted by Gasteiger charge is -2.42. The lowest BCUT2D eigenvalue weighted by molar-refractivity contribution is 0.0629. The number of carbonyl (C=O) groups is 2. The largest absolute Gasteiger partial charge is 0.338 e. The number of likely N-dealkylation sites (tertiary alicyclic amines) is 2. The van der Waals surface area contributed by atoms with E-state index in [1.807, 2.05) is 46.2 Å². The number of aromatic amines is 1. The van der Waals surface area contributed by atoms with Gasteiger partial charge in [-0.3, -0.25) is 9.59 Å². The van der Waals surface area contributed by atoms with Crippen LogP contribution in [-0.4, -0.2) is 63.2 Å².